The molecule has 0 amide bonds. The van der Waals surface area contributed by atoms with Crippen LogP contribution in [-0.4, -0.2) is 26.0 Å². The molecule has 0 aromatic heterocycles. The second kappa shape index (κ2) is 4.78. The number of hydrogen-bond acceptors (Lipinski definition) is 3. The van der Waals surface area contributed by atoms with Gasteiger partial charge < -0.3 is 10.1 Å². The Labute approximate surface area is 113 Å². The van der Waals surface area contributed by atoms with Gasteiger partial charge in [-0.25, -0.2) is 0 Å². The van der Waals surface area contributed by atoms with Crippen molar-refractivity contribution in [2.75, 3.05) is 26.0 Å². The first kappa shape index (κ1) is 12.4. The average molecular weight is 263 g/mol. The molecule has 2 heterocycles. The molecule has 0 bridgehead atoms. The second-order valence-corrected chi connectivity index (χ2v) is 6.55. The lowest BCUT2D eigenvalue weighted by Gasteiger charge is -2.31. The van der Waals surface area contributed by atoms with Gasteiger partial charge in [0, 0.05) is 12.0 Å². The summed E-state index contributed by atoms with van der Waals surface area (Å²) in [6.45, 7) is 4.54. The fourth-order valence-electron chi connectivity index (χ4n) is 3.51. The molecule has 1 aromatic rings. The minimum Gasteiger partial charge on any atom is -0.496 e. The summed E-state index contributed by atoms with van der Waals surface area (Å²) in [7, 11) is 1.79. The quantitative estimate of drug-likeness (QED) is 0.841. The molecule has 2 aliphatic rings. The summed E-state index contributed by atoms with van der Waals surface area (Å²) >= 11 is 1.98. The number of hydrogen-bond donors (Lipinski definition) is 1. The van der Waals surface area contributed by atoms with Gasteiger partial charge in [-0.1, -0.05) is 6.07 Å². The zero-order valence-corrected chi connectivity index (χ0v) is 12.0. The van der Waals surface area contributed by atoms with Gasteiger partial charge in [0.05, 0.1) is 12.0 Å². The molecule has 1 saturated heterocycles. The van der Waals surface area contributed by atoms with Crippen LogP contribution in [0.3, 0.4) is 0 Å². The van der Waals surface area contributed by atoms with Crippen LogP contribution in [0.4, 0.5) is 0 Å². The van der Waals surface area contributed by atoms with Crippen LogP contribution < -0.4 is 10.1 Å². The van der Waals surface area contributed by atoms with Gasteiger partial charge in [0.25, 0.3) is 0 Å². The van der Waals surface area contributed by atoms with Crippen LogP contribution in [0.5, 0.6) is 5.75 Å². The van der Waals surface area contributed by atoms with E-state index in [1.807, 2.05) is 11.8 Å². The Kier molecular flexibility index (Phi) is 3.29. The molecular formula is C15H21NOS. The predicted octanol–water partition coefficient (Wildman–Crippen LogP) is 3.12. The third-order valence-electron chi connectivity index (χ3n) is 4.37. The number of fused-ring (bicyclic) bond motifs is 2. The third kappa shape index (κ3) is 1.84. The van der Waals surface area contributed by atoms with E-state index in [-0.39, 0.29) is 0 Å². The second-order valence-electron chi connectivity index (χ2n) is 5.45. The summed E-state index contributed by atoms with van der Waals surface area (Å²) in [5, 5.41) is 3.57. The maximum atomic E-state index is 5.58. The van der Waals surface area contributed by atoms with Gasteiger partial charge in [-0.3, -0.25) is 0 Å². The molecule has 3 heteroatoms. The highest BCUT2D eigenvalue weighted by atomic mass is 32.2. The van der Waals surface area contributed by atoms with Crippen LogP contribution >= 0.6 is 11.8 Å². The summed E-state index contributed by atoms with van der Waals surface area (Å²) in [6, 6.07) is 4.35. The average Bonchev–Trinajstić information content (AvgIpc) is 2.75. The summed E-state index contributed by atoms with van der Waals surface area (Å²) in [5.74, 6) is 2.28. The lowest BCUT2D eigenvalue weighted by Crippen LogP contribution is -2.30. The minimum absolute atomic E-state index is 0.359. The molecule has 18 heavy (non-hydrogen) atoms. The summed E-state index contributed by atoms with van der Waals surface area (Å²) in [4.78, 5) is 1.40. The molecule has 0 radical (unpaired) electrons. The van der Waals surface area contributed by atoms with Crippen LogP contribution in [0.25, 0.3) is 0 Å². The summed E-state index contributed by atoms with van der Waals surface area (Å²) < 4.78 is 5.58. The van der Waals surface area contributed by atoms with E-state index in [1.165, 1.54) is 35.5 Å². The van der Waals surface area contributed by atoms with E-state index in [4.69, 9.17) is 4.74 Å². The lowest BCUT2D eigenvalue weighted by atomic mass is 9.74. The highest BCUT2D eigenvalue weighted by molar-refractivity contribution is 7.99. The molecule has 1 aromatic carbocycles. The Morgan fingerprint density at radius 3 is 2.94 bits per heavy atom. The molecule has 3 rings (SSSR count). The smallest absolute Gasteiger partial charge is 0.132 e. The monoisotopic (exact) mass is 263 g/mol. The SMILES string of the molecule is COc1ccc(C)c2c1SCCCC21CCNC1. The number of methoxy groups -OCH3 is 1. The minimum atomic E-state index is 0.359. The molecule has 0 aliphatic carbocycles. The van der Waals surface area contributed by atoms with Crippen LogP contribution in [0.15, 0.2) is 17.0 Å². The van der Waals surface area contributed by atoms with Gasteiger partial charge in [0.1, 0.15) is 5.75 Å². The van der Waals surface area contributed by atoms with Crippen LogP contribution in [0, 0.1) is 6.92 Å². The van der Waals surface area contributed by atoms with E-state index in [0.717, 1.165) is 18.8 Å². The number of thioether (sulfide) groups is 1. The van der Waals surface area contributed by atoms with Gasteiger partial charge in [0.15, 0.2) is 0 Å². The van der Waals surface area contributed by atoms with E-state index in [1.54, 1.807) is 12.7 Å². The lowest BCUT2D eigenvalue weighted by molar-refractivity contribution is 0.389. The molecule has 1 fully saturated rings. The molecular weight excluding hydrogens is 242 g/mol. The van der Waals surface area contributed by atoms with Crippen molar-refractivity contribution in [2.45, 2.75) is 36.5 Å². The first-order chi connectivity index (χ1) is 8.77. The van der Waals surface area contributed by atoms with E-state index in [2.05, 4.69) is 24.4 Å². The Morgan fingerprint density at radius 2 is 2.22 bits per heavy atom. The normalized spacial score (nSPS) is 27.0. The van der Waals surface area contributed by atoms with Gasteiger partial charge in [-0.15, -0.1) is 11.8 Å². The Bertz CT molecular complexity index is 452. The van der Waals surface area contributed by atoms with Gasteiger partial charge >= 0.3 is 0 Å². The molecule has 1 unspecified atom stereocenters. The zero-order valence-electron chi connectivity index (χ0n) is 11.2. The maximum absolute atomic E-state index is 5.58. The Balaban J connectivity index is 2.19. The van der Waals surface area contributed by atoms with Crippen molar-refractivity contribution in [2.24, 2.45) is 0 Å². The highest BCUT2D eigenvalue weighted by Gasteiger charge is 2.40. The summed E-state index contributed by atoms with van der Waals surface area (Å²) in [6.07, 6.45) is 3.90. The van der Waals surface area contributed by atoms with Gasteiger partial charge in [-0.05, 0) is 55.7 Å². The van der Waals surface area contributed by atoms with Crippen LogP contribution in [0.2, 0.25) is 0 Å². The predicted molar refractivity (Wildman–Crippen MR) is 76.9 cm³/mol. The topological polar surface area (TPSA) is 21.3 Å². The first-order valence-electron chi connectivity index (χ1n) is 6.78. The van der Waals surface area contributed by atoms with E-state index < -0.39 is 0 Å². The standard InChI is InChI=1S/C15H21NOS/c1-11-4-5-12(17-2)14-13(11)15(6-3-9-18-14)7-8-16-10-15/h4-5,16H,3,6-10H2,1-2H3. The van der Waals surface area contributed by atoms with E-state index in [0.29, 0.717) is 5.41 Å². The summed E-state index contributed by atoms with van der Waals surface area (Å²) in [5.41, 5.74) is 3.36. The Morgan fingerprint density at radius 1 is 1.33 bits per heavy atom. The van der Waals surface area contributed by atoms with Crippen molar-refractivity contribution in [3.05, 3.63) is 23.3 Å². The van der Waals surface area contributed by atoms with Crippen molar-refractivity contribution in [1.29, 1.82) is 0 Å². The van der Waals surface area contributed by atoms with E-state index in [9.17, 15) is 0 Å². The van der Waals surface area contributed by atoms with Crippen molar-refractivity contribution in [3.63, 3.8) is 0 Å². The number of ether oxygens (including phenoxy) is 1. The third-order valence-corrected chi connectivity index (χ3v) is 5.56. The molecule has 1 spiro atoms. The molecule has 2 nitrogen and oxygen atoms in total. The maximum Gasteiger partial charge on any atom is 0.132 e. The first-order valence-corrected chi connectivity index (χ1v) is 7.77. The fraction of sp³-hybridized carbons (Fsp3) is 0.600. The van der Waals surface area contributed by atoms with Gasteiger partial charge in [-0.2, -0.15) is 0 Å². The van der Waals surface area contributed by atoms with Crippen molar-refractivity contribution in [1.82, 2.24) is 5.32 Å². The highest BCUT2D eigenvalue weighted by Crippen LogP contribution is 2.48. The van der Waals surface area contributed by atoms with E-state index >= 15 is 0 Å². The molecule has 0 saturated carbocycles. The molecule has 2 aliphatic heterocycles. The largest absolute Gasteiger partial charge is 0.496 e. The Hall–Kier alpha value is -0.670. The zero-order chi connectivity index (χ0) is 12.6. The number of benzene rings is 1. The number of aryl methyl sites for hydroxylation is 1. The number of rotatable bonds is 1. The van der Waals surface area contributed by atoms with Crippen LogP contribution in [-0.2, 0) is 5.41 Å². The number of nitrogens with one attached hydrogen (secondary N) is 1. The fourth-order valence-corrected chi connectivity index (χ4v) is 4.81. The van der Waals surface area contributed by atoms with Gasteiger partial charge in [0.2, 0.25) is 0 Å². The van der Waals surface area contributed by atoms with Crippen molar-refractivity contribution < 1.29 is 4.74 Å². The van der Waals surface area contributed by atoms with Crippen molar-refractivity contribution >= 4 is 11.8 Å². The molecule has 98 valence electrons. The van der Waals surface area contributed by atoms with Crippen molar-refractivity contribution in [3.8, 4) is 5.75 Å². The van der Waals surface area contributed by atoms with Crippen LogP contribution in [0.1, 0.15) is 30.4 Å². The molecule has 1 N–H and O–H groups in total. The molecule has 1 atom stereocenters.